The van der Waals surface area contributed by atoms with E-state index in [4.69, 9.17) is 0 Å². The molecule has 1 heterocycles. The van der Waals surface area contributed by atoms with Crippen LogP contribution in [-0.2, 0) is 16.3 Å². The summed E-state index contributed by atoms with van der Waals surface area (Å²) in [6.07, 6.45) is 0.501. The van der Waals surface area contributed by atoms with Crippen LogP contribution in [-0.4, -0.2) is 43.4 Å². The summed E-state index contributed by atoms with van der Waals surface area (Å²) in [4.78, 5) is 0. The fourth-order valence-corrected chi connectivity index (χ4v) is 5.16. The fraction of sp³-hybridized carbons (Fsp3) is 0.571. The molecule has 0 aromatic heterocycles. The highest BCUT2D eigenvalue weighted by Crippen LogP contribution is 2.39. The molecule has 1 aromatic rings. The Morgan fingerprint density at radius 3 is 2.48 bits per heavy atom. The number of sulfone groups is 1. The molecule has 1 atom stereocenters. The zero-order chi connectivity index (χ0) is 15.7. The molecular formula is C14H18BrFO4S. The van der Waals surface area contributed by atoms with Crippen molar-refractivity contribution in [2.75, 3.05) is 24.7 Å². The molecule has 1 fully saturated rings. The van der Waals surface area contributed by atoms with Gasteiger partial charge in [0, 0.05) is 9.89 Å². The molecule has 0 bridgehead atoms. The molecule has 1 aliphatic rings. The Bertz CT molecular complexity index is 613. The predicted molar refractivity (Wildman–Crippen MR) is 81.2 cm³/mol. The van der Waals surface area contributed by atoms with Crippen molar-refractivity contribution in [3.05, 3.63) is 34.1 Å². The molecule has 0 radical (unpaired) electrons. The molecule has 0 aliphatic carbocycles. The minimum Gasteiger partial charge on any atom is -0.396 e. The van der Waals surface area contributed by atoms with Crippen LogP contribution in [0.3, 0.4) is 0 Å². The van der Waals surface area contributed by atoms with Gasteiger partial charge in [0.05, 0.1) is 24.7 Å². The average Bonchev–Trinajstić information content (AvgIpc) is 2.79. The van der Waals surface area contributed by atoms with Crippen LogP contribution in [0.2, 0.25) is 0 Å². The number of hydrogen-bond acceptors (Lipinski definition) is 4. The maximum atomic E-state index is 14.0. The third kappa shape index (κ3) is 3.64. The van der Waals surface area contributed by atoms with Crippen LogP contribution in [0, 0.1) is 17.2 Å². The molecule has 4 nitrogen and oxygen atoms in total. The summed E-state index contributed by atoms with van der Waals surface area (Å²) in [6.45, 7) is -0.752. The minimum atomic E-state index is -3.13. The van der Waals surface area contributed by atoms with Crippen LogP contribution >= 0.6 is 15.9 Å². The molecule has 21 heavy (non-hydrogen) atoms. The molecular weight excluding hydrogens is 363 g/mol. The zero-order valence-electron chi connectivity index (χ0n) is 11.4. The van der Waals surface area contributed by atoms with Crippen LogP contribution in [0.25, 0.3) is 0 Å². The predicted octanol–water partition coefficient (Wildman–Crippen LogP) is 1.54. The van der Waals surface area contributed by atoms with E-state index in [-0.39, 0.29) is 37.1 Å². The Balaban J connectivity index is 2.30. The van der Waals surface area contributed by atoms with Crippen LogP contribution in [0.1, 0.15) is 12.0 Å². The largest absolute Gasteiger partial charge is 0.396 e. The second-order valence-corrected chi connectivity index (χ2v) is 8.84. The van der Waals surface area contributed by atoms with E-state index in [1.54, 1.807) is 12.1 Å². The smallest absolute Gasteiger partial charge is 0.150 e. The SMILES string of the molecule is O=S1(=O)CCC(C(CO)(CO)Cc2ccc(Br)cc2F)C1. The highest BCUT2D eigenvalue weighted by molar-refractivity contribution is 9.10. The second kappa shape index (κ2) is 6.32. The van der Waals surface area contributed by atoms with Crippen molar-refractivity contribution in [2.45, 2.75) is 12.8 Å². The molecule has 7 heteroatoms. The van der Waals surface area contributed by atoms with E-state index < -0.39 is 21.1 Å². The lowest BCUT2D eigenvalue weighted by molar-refractivity contribution is 0.0118. The highest BCUT2D eigenvalue weighted by Gasteiger charge is 2.44. The van der Waals surface area contributed by atoms with Crippen LogP contribution in [0.4, 0.5) is 4.39 Å². The Morgan fingerprint density at radius 1 is 1.33 bits per heavy atom. The van der Waals surface area contributed by atoms with Crippen molar-refractivity contribution in [3.8, 4) is 0 Å². The lowest BCUT2D eigenvalue weighted by Crippen LogP contribution is -2.41. The molecule has 2 N–H and O–H groups in total. The molecule has 0 saturated carbocycles. The Hall–Kier alpha value is -0.500. The molecule has 1 aromatic carbocycles. The highest BCUT2D eigenvalue weighted by atomic mass is 79.9. The first-order chi connectivity index (χ1) is 9.82. The van der Waals surface area contributed by atoms with Gasteiger partial charge in [-0.05, 0) is 36.5 Å². The summed E-state index contributed by atoms with van der Waals surface area (Å²) in [5.41, 5.74) is -0.649. The lowest BCUT2D eigenvalue weighted by Gasteiger charge is -2.35. The van der Waals surface area contributed by atoms with Crippen molar-refractivity contribution >= 4 is 25.8 Å². The fourth-order valence-electron chi connectivity index (χ4n) is 2.89. The summed E-state index contributed by atoms with van der Waals surface area (Å²) < 4.78 is 37.9. The van der Waals surface area contributed by atoms with Gasteiger partial charge in [0.25, 0.3) is 0 Å². The third-order valence-corrected chi connectivity index (χ3v) is 6.55. The van der Waals surface area contributed by atoms with Crippen molar-refractivity contribution < 1.29 is 23.0 Å². The lowest BCUT2D eigenvalue weighted by atomic mass is 9.72. The Morgan fingerprint density at radius 2 is 2.00 bits per heavy atom. The monoisotopic (exact) mass is 380 g/mol. The van der Waals surface area contributed by atoms with Crippen LogP contribution in [0.15, 0.2) is 22.7 Å². The summed E-state index contributed by atoms with van der Waals surface area (Å²) in [5, 5.41) is 19.5. The molecule has 1 aliphatic heterocycles. The van der Waals surface area contributed by atoms with E-state index in [9.17, 15) is 23.0 Å². The number of benzene rings is 1. The Kier molecular flexibility index (Phi) is 5.07. The first-order valence-corrected chi connectivity index (χ1v) is 9.29. The van der Waals surface area contributed by atoms with E-state index in [2.05, 4.69) is 15.9 Å². The first kappa shape index (κ1) is 16.9. The van der Waals surface area contributed by atoms with Gasteiger partial charge in [0.15, 0.2) is 9.84 Å². The van der Waals surface area contributed by atoms with Crippen molar-refractivity contribution in [2.24, 2.45) is 11.3 Å². The standard InChI is InChI=1S/C14H18BrFO4S/c15-12-2-1-10(13(16)5-12)6-14(8-17,9-18)11-3-4-21(19,20)7-11/h1-2,5,11,17-18H,3-4,6-9H2. The molecule has 0 amide bonds. The third-order valence-electron chi connectivity index (χ3n) is 4.29. The van der Waals surface area contributed by atoms with Crippen molar-refractivity contribution in [1.82, 2.24) is 0 Å². The van der Waals surface area contributed by atoms with E-state index in [0.29, 0.717) is 16.5 Å². The van der Waals surface area contributed by atoms with Gasteiger partial charge < -0.3 is 10.2 Å². The number of rotatable bonds is 5. The molecule has 1 saturated heterocycles. The van der Waals surface area contributed by atoms with E-state index in [1.807, 2.05) is 0 Å². The van der Waals surface area contributed by atoms with Gasteiger partial charge in [-0.3, -0.25) is 0 Å². The van der Waals surface area contributed by atoms with Crippen LogP contribution in [0.5, 0.6) is 0 Å². The summed E-state index contributed by atoms with van der Waals surface area (Å²) >= 11 is 3.17. The average molecular weight is 381 g/mol. The molecule has 0 spiro atoms. The summed E-state index contributed by atoms with van der Waals surface area (Å²) in [6, 6.07) is 4.59. The van der Waals surface area contributed by atoms with E-state index in [0.717, 1.165) is 0 Å². The van der Waals surface area contributed by atoms with Crippen LogP contribution < -0.4 is 0 Å². The topological polar surface area (TPSA) is 74.6 Å². The quantitative estimate of drug-likeness (QED) is 0.812. The van der Waals surface area contributed by atoms with E-state index in [1.165, 1.54) is 6.07 Å². The first-order valence-electron chi connectivity index (χ1n) is 6.68. The number of aliphatic hydroxyl groups is 2. The Labute approximate surface area is 132 Å². The van der Waals surface area contributed by atoms with Crippen molar-refractivity contribution in [3.63, 3.8) is 0 Å². The number of aliphatic hydroxyl groups excluding tert-OH is 2. The normalized spacial score (nSPS) is 21.6. The maximum absolute atomic E-state index is 14.0. The zero-order valence-corrected chi connectivity index (χ0v) is 13.8. The molecule has 1 unspecified atom stereocenters. The number of halogens is 2. The van der Waals surface area contributed by atoms with Gasteiger partial charge in [0.1, 0.15) is 5.82 Å². The second-order valence-electron chi connectivity index (χ2n) is 5.69. The molecule has 2 rings (SSSR count). The van der Waals surface area contributed by atoms with Gasteiger partial charge in [0.2, 0.25) is 0 Å². The minimum absolute atomic E-state index is 0.0578. The van der Waals surface area contributed by atoms with Gasteiger partial charge in [-0.2, -0.15) is 0 Å². The van der Waals surface area contributed by atoms with Gasteiger partial charge in [-0.15, -0.1) is 0 Å². The number of hydrogen-bond donors (Lipinski definition) is 2. The summed E-state index contributed by atoms with van der Waals surface area (Å²) in [7, 11) is -3.13. The van der Waals surface area contributed by atoms with Gasteiger partial charge in [-0.1, -0.05) is 22.0 Å². The van der Waals surface area contributed by atoms with Gasteiger partial charge >= 0.3 is 0 Å². The van der Waals surface area contributed by atoms with Crippen molar-refractivity contribution in [1.29, 1.82) is 0 Å². The maximum Gasteiger partial charge on any atom is 0.150 e. The van der Waals surface area contributed by atoms with Gasteiger partial charge in [-0.25, -0.2) is 12.8 Å². The van der Waals surface area contributed by atoms with E-state index >= 15 is 0 Å². The molecule has 118 valence electrons. The summed E-state index contributed by atoms with van der Waals surface area (Å²) in [5.74, 6) is -0.800.